The Kier molecular flexibility index (Phi) is 6.90. The largest absolute Gasteiger partial charge is 0.335 e. The van der Waals surface area contributed by atoms with E-state index in [1.54, 1.807) is 12.1 Å². The molecule has 0 spiro atoms. The molecule has 2 rings (SSSR count). The number of rotatable bonds is 6. The van der Waals surface area contributed by atoms with Gasteiger partial charge in [-0.2, -0.15) is 0 Å². The quantitative estimate of drug-likeness (QED) is 0.598. The predicted octanol–water partition coefficient (Wildman–Crippen LogP) is 2.65. The number of aliphatic imine (C=N–C) groups is 1. The molecular weight excluding hydrogens is 346 g/mol. The summed E-state index contributed by atoms with van der Waals surface area (Å²) in [6.07, 6.45) is 5.73. The summed E-state index contributed by atoms with van der Waals surface area (Å²) in [4.78, 5) is 15.8. The Bertz CT molecular complexity index is 705. The number of nitrogens with zero attached hydrogens (tertiary/aromatic N) is 1. The highest BCUT2D eigenvalue weighted by atomic mass is 32.2. The van der Waals surface area contributed by atoms with E-state index in [1.165, 1.54) is 18.6 Å². The third-order valence-electron chi connectivity index (χ3n) is 3.98. The van der Waals surface area contributed by atoms with E-state index < -0.39 is 16.1 Å². The zero-order chi connectivity index (χ0) is 17.4. The number of amides is 2. The highest BCUT2D eigenvalue weighted by Gasteiger charge is 2.21. The molecule has 1 aromatic carbocycles. The van der Waals surface area contributed by atoms with Gasteiger partial charge in [-0.25, -0.2) is 22.9 Å². The first-order valence-corrected chi connectivity index (χ1v) is 9.86. The average molecular weight is 367 g/mol. The van der Waals surface area contributed by atoms with Crippen LogP contribution in [0.4, 0.5) is 4.79 Å². The summed E-state index contributed by atoms with van der Waals surface area (Å²) in [5.74, 6) is 0. The van der Waals surface area contributed by atoms with Crippen LogP contribution >= 0.6 is 12.2 Å². The molecule has 1 fully saturated rings. The zero-order valence-electron chi connectivity index (χ0n) is 13.3. The Morgan fingerprint density at radius 1 is 1.21 bits per heavy atom. The first-order chi connectivity index (χ1) is 11.5. The number of hydrogen-bond donors (Lipinski definition) is 2. The highest BCUT2D eigenvalue weighted by molar-refractivity contribution is 7.90. The van der Waals surface area contributed by atoms with E-state index in [1.807, 2.05) is 0 Å². The van der Waals surface area contributed by atoms with Crippen molar-refractivity contribution >= 4 is 33.4 Å². The van der Waals surface area contributed by atoms with Gasteiger partial charge < -0.3 is 5.32 Å². The highest BCUT2D eigenvalue weighted by Crippen LogP contribution is 2.17. The topological polar surface area (TPSA) is 87.6 Å². The van der Waals surface area contributed by atoms with Crippen LogP contribution in [0.2, 0.25) is 0 Å². The van der Waals surface area contributed by atoms with Gasteiger partial charge in [-0.05, 0) is 49.2 Å². The van der Waals surface area contributed by atoms with Crippen LogP contribution in [0.25, 0.3) is 0 Å². The van der Waals surface area contributed by atoms with E-state index in [-0.39, 0.29) is 10.9 Å². The Morgan fingerprint density at radius 3 is 2.50 bits per heavy atom. The number of benzene rings is 1. The van der Waals surface area contributed by atoms with Gasteiger partial charge in [-0.1, -0.05) is 31.4 Å². The molecule has 6 nitrogen and oxygen atoms in total. The van der Waals surface area contributed by atoms with Crippen molar-refractivity contribution in [3.63, 3.8) is 0 Å². The van der Waals surface area contributed by atoms with Gasteiger partial charge in [-0.3, -0.25) is 0 Å². The van der Waals surface area contributed by atoms with Crippen LogP contribution in [0, 0.1) is 0 Å². The first-order valence-electron chi connectivity index (χ1n) is 7.97. The molecule has 0 aromatic heterocycles. The van der Waals surface area contributed by atoms with Crippen LogP contribution in [0.3, 0.4) is 0 Å². The maximum absolute atomic E-state index is 12.2. The monoisotopic (exact) mass is 367 g/mol. The molecule has 0 saturated heterocycles. The van der Waals surface area contributed by atoms with Crippen LogP contribution in [-0.4, -0.2) is 32.2 Å². The molecule has 0 atom stereocenters. The van der Waals surface area contributed by atoms with Crippen molar-refractivity contribution in [2.24, 2.45) is 4.99 Å². The molecule has 2 amide bonds. The smallest absolute Gasteiger partial charge is 0.328 e. The van der Waals surface area contributed by atoms with Gasteiger partial charge in [0, 0.05) is 6.04 Å². The van der Waals surface area contributed by atoms with Gasteiger partial charge in [0.2, 0.25) is 0 Å². The van der Waals surface area contributed by atoms with Crippen molar-refractivity contribution in [1.29, 1.82) is 0 Å². The molecular formula is C16H21N3O3S2. The molecule has 1 aromatic rings. The molecule has 1 saturated carbocycles. The minimum Gasteiger partial charge on any atom is -0.335 e. The molecule has 0 radical (unpaired) electrons. The van der Waals surface area contributed by atoms with E-state index in [0.717, 1.165) is 31.2 Å². The second kappa shape index (κ2) is 8.92. The predicted molar refractivity (Wildman–Crippen MR) is 95.8 cm³/mol. The molecule has 0 heterocycles. The van der Waals surface area contributed by atoms with Crippen molar-refractivity contribution in [2.45, 2.75) is 49.5 Å². The first kappa shape index (κ1) is 18.6. The van der Waals surface area contributed by atoms with Crippen molar-refractivity contribution in [2.75, 3.05) is 6.54 Å². The van der Waals surface area contributed by atoms with Crippen LogP contribution in [-0.2, 0) is 16.4 Å². The third kappa shape index (κ3) is 5.70. The number of nitrogens with one attached hydrogen (secondary N) is 2. The Morgan fingerprint density at radius 2 is 1.88 bits per heavy atom. The molecule has 24 heavy (non-hydrogen) atoms. The summed E-state index contributed by atoms with van der Waals surface area (Å²) in [5, 5.41) is 5.02. The average Bonchev–Trinajstić information content (AvgIpc) is 2.56. The van der Waals surface area contributed by atoms with Gasteiger partial charge in [0.25, 0.3) is 10.0 Å². The van der Waals surface area contributed by atoms with Gasteiger partial charge in [0.1, 0.15) is 0 Å². The van der Waals surface area contributed by atoms with Gasteiger partial charge in [-0.15, -0.1) is 0 Å². The van der Waals surface area contributed by atoms with Crippen LogP contribution in [0.1, 0.15) is 37.7 Å². The van der Waals surface area contributed by atoms with Crippen molar-refractivity contribution in [1.82, 2.24) is 10.0 Å². The minimum absolute atomic E-state index is 0.0538. The molecule has 0 aliphatic heterocycles. The SMILES string of the molecule is O=C(NC1CCCCC1)NS(=O)(=O)c1ccc(CCN=C=S)cc1. The summed E-state index contributed by atoms with van der Waals surface area (Å²) in [7, 11) is -3.87. The molecule has 1 aliphatic carbocycles. The maximum Gasteiger partial charge on any atom is 0.328 e. The molecule has 2 N–H and O–H groups in total. The Balaban J connectivity index is 1.93. The fourth-order valence-corrected chi connectivity index (χ4v) is 3.72. The molecule has 0 bridgehead atoms. The van der Waals surface area contributed by atoms with Crippen molar-refractivity contribution in [3.05, 3.63) is 29.8 Å². The van der Waals surface area contributed by atoms with E-state index in [2.05, 4.69) is 32.4 Å². The number of isothiocyanates is 1. The summed E-state index contributed by atoms with van der Waals surface area (Å²) in [5.41, 5.74) is 0.939. The Hall–Kier alpha value is -1.76. The van der Waals surface area contributed by atoms with Crippen LogP contribution in [0.5, 0.6) is 0 Å². The summed E-state index contributed by atoms with van der Waals surface area (Å²) in [6, 6.07) is 5.75. The van der Waals surface area contributed by atoms with Gasteiger partial charge >= 0.3 is 6.03 Å². The number of thiocarbonyl (C=S) groups is 1. The second-order valence-corrected chi connectivity index (χ2v) is 7.65. The van der Waals surface area contributed by atoms with Crippen LogP contribution < -0.4 is 10.0 Å². The van der Waals surface area contributed by atoms with Crippen molar-refractivity contribution in [3.8, 4) is 0 Å². The number of hydrogen-bond acceptors (Lipinski definition) is 5. The molecule has 0 unspecified atom stereocenters. The molecule has 1 aliphatic rings. The number of carbonyl (C=O) groups is 1. The minimum atomic E-state index is -3.87. The fourth-order valence-electron chi connectivity index (χ4n) is 2.71. The number of carbonyl (C=O) groups excluding carboxylic acids is 1. The lowest BCUT2D eigenvalue weighted by molar-refractivity contribution is 0.237. The third-order valence-corrected chi connectivity index (χ3v) is 5.45. The number of sulfonamides is 1. The lowest BCUT2D eigenvalue weighted by atomic mass is 9.96. The molecule has 8 heteroatoms. The van der Waals surface area contributed by atoms with Crippen LogP contribution in [0.15, 0.2) is 34.2 Å². The lowest BCUT2D eigenvalue weighted by Crippen LogP contribution is -2.45. The van der Waals surface area contributed by atoms with E-state index in [4.69, 9.17) is 0 Å². The normalized spacial score (nSPS) is 15.3. The van der Waals surface area contributed by atoms with E-state index in [9.17, 15) is 13.2 Å². The summed E-state index contributed by atoms with van der Waals surface area (Å²) >= 11 is 4.49. The number of urea groups is 1. The molecule has 130 valence electrons. The zero-order valence-corrected chi connectivity index (χ0v) is 15.0. The fraction of sp³-hybridized carbons (Fsp3) is 0.500. The summed E-state index contributed by atoms with van der Waals surface area (Å²) < 4.78 is 26.6. The second-order valence-electron chi connectivity index (χ2n) is 5.78. The maximum atomic E-state index is 12.2. The van der Waals surface area contributed by atoms with Crippen molar-refractivity contribution < 1.29 is 13.2 Å². The van der Waals surface area contributed by atoms with E-state index in [0.29, 0.717) is 13.0 Å². The van der Waals surface area contributed by atoms with E-state index >= 15 is 0 Å². The standard InChI is InChI=1S/C16H21N3O3S2/c20-16(18-14-4-2-1-3-5-14)19-24(21,22)15-8-6-13(7-9-15)10-11-17-12-23/h6-9,14H,1-5,10-11H2,(H2,18,19,20). The Labute approximate surface area is 147 Å². The lowest BCUT2D eigenvalue weighted by Gasteiger charge is -2.22. The van der Waals surface area contributed by atoms with Gasteiger partial charge in [0.15, 0.2) is 0 Å². The summed E-state index contributed by atoms with van der Waals surface area (Å²) in [6.45, 7) is 0.512. The van der Waals surface area contributed by atoms with Gasteiger partial charge in [0.05, 0.1) is 16.6 Å².